The number of aliphatic hydroxyl groups excluding tert-OH is 1. The normalized spacial score (nSPS) is 13.6. The topological polar surface area (TPSA) is 108 Å². The van der Waals surface area contributed by atoms with Crippen LogP contribution in [-0.4, -0.2) is 68.5 Å². The standard InChI is InChI=1S/C75H151N2O6P/c1-6-8-10-12-14-16-18-20-22-24-26-28-30-32-34-36-38-39-40-42-44-46-48-50-52-54-56-58-60-62-64-66-68-74(78)73(72-83-84(80,81)82-71-70-77(3,4)5)76-75(79)69-67-65-63-61-59-57-55-53-51-49-47-45-43-41-37-35-33-31-29-27-25-23-21-19-17-15-13-11-9-7-2/h66,68,73-74,78H,6-65,67,69-72H2,1-5H3,(H-,76,79,80,81)/b68-66+. The predicted molar refractivity (Wildman–Crippen MR) is 367 cm³/mol. The molecule has 1 amide bonds. The highest BCUT2D eigenvalue weighted by molar-refractivity contribution is 7.45. The van der Waals surface area contributed by atoms with Gasteiger partial charge in [-0.3, -0.25) is 9.36 Å². The van der Waals surface area contributed by atoms with Crippen molar-refractivity contribution in [1.29, 1.82) is 0 Å². The van der Waals surface area contributed by atoms with E-state index < -0.39 is 20.0 Å². The molecule has 502 valence electrons. The van der Waals surface area contributed by atoms with Gasteiger partial charge in [0.25, 0.3) is 7.82 Å². The minimum absolute atomic E-state index is 0.00312. The lowest BCUT2D eigenvalue weighted by Gasteiger charge is -2.29. The van der Waals surface area contributed by atoms with Crippen molar-refractivity contribution in [3.63, 3.8) is 0 Å². The highest BCUT2D eigenvalue weighted by Gasteiger charge is 2.23. The molecule has 0 spiro atoms. The van der Waals surface area contributed by atoms with Gasteiger partial charge in [0.2, 0.25) is 5.91 Å². The molecule has 9 heteroatoms. The van der Waals surface area contributed by atoms with Gasteiger partial charge in [0.05, 0.1) is 39.9 Å². The Morgan fingerprint density at radius 1 is 0.405 bits per heavy atom. The van der Waals surface area contributed by atoms with Crippen molar-refractivity contribution in [2.24, 2.45) is 0 Å². The zero-order chi connectivity index (χ0) is 61.2. The van der Waals surface area contributed by atoms with Gasteiger partial charge < -0.3 is 28.8 Å². The number of carbonyl (C=O) groups is 1. The van der Waals surface area contributed by atoms with E-state index in [9.17, 15) is 19.4 Å². The van der Waals surface area contributed by atoms with E-state index in [0.29, 0.717) is 17.4 Å². The minimum Gasteiger partial charge on any atom is -0.756 e. The van der Waals surface area contributed by atoms with E-state index in [1.54, 1.807) is 6.08 Å². The molecule has 3 atom stereocenters. The van der Waals surface area contributed by atoms with Crippen LogP contribution in [0.25, 0.3) is 0 Å². The van der Waals surface area contributed by atoms with Crippen molar-refractivity contribution in [3.05, 3.63) is 12.2 Å². The third-order valence-electron chi connectivity index (χ3n) is 18.0. The largest absolute Gasteiger partial charge is 0.756 e. The molecule has 0 heterocycles. The summed E-state index contributed by atoms with van der Waals surface area (Å²) in [6.07, 6.45) is 86.5. The van der Waals surface area contributed by atoms with Crippen molar-refractivity contribution in [2.75, 3.05) is 40.9 Å². The maximum atomic E-state index is 13.1. The first-order valence-corrected chi connectivity index (χ1v) is 39.5. The van der Waals surface area contributed by atoms with Crippen LogP contribution in [0.3, 0.4) is 0 Å². The molecule has 0 aromatic rings. The van der Waals surface area contributed by atoms with E-state index in [1.807, 2.05) is 27.2 Å². The number of phosphoric ester groups is 1. The number of aliphatic hydroxyl groups is 1. The molecule has 0 bridgehead atoms. The lowest BCUT2D eigenvalue weighted by atomic mass is 10.0. The molecule has 0 aromatic carbocycles. The van der Waals surface area contributed by atoms with Crippen molar-refractivity contribution >= 4 is 13.7 Å². The number of allylic oxidation sites excluding steroid dienone is 1. The average Bonchev–Trinajstić information content (AvgIpc) is 3.56. The minimum atomic E-state index is -4.60. The Morgan fingerprint density at radius 3 is 0.893 bits per heavy atom. The second kappa shape index (κ2) is 66.7. The van der Waals surface area contributed by atoms with Crippen molar-refractivity contribution < 1.29 is 32.9 Å². The van der Waals surface area contributed by atoms with E-state index in [-0.39, 0.29) is 19.1 Å². The van der Waals surface area contributed by atoms with Gasteiger partial charge in [0, 0.05) is 6.42 Å². The molecular weight excluding hydrogens is 1060 g/mol. The van der Waals surface area contributed by atoms with Crippen LogP contribution in [0.15, 0.2) is 12.2 Å². The summed E-state index contributed by atoms with van der Waals surface area (Å²) in [5.74, 6) is -0.186. The van der Waals surface area contributed by atoms with Gasteiger partial charge in [-0.05, 0) is 19.3 Å². The van der Waals surface area contributed by atoms with Crippen LogP contribution in [-0.2, 0) is 18.4 Å². The molecule has 84 heavy (non-hydrogen) atoms. The van der Waals surface area contributed by atoms with Crippen LogP contribution in [0.4, 0.5) is 0 Å². The van der Waals surface area contributed by atoms with E-state index >= 15 is 0 Å². The molecule has 0 saturated carbocycles. The fourth-order valence-corrected chi connectivity index (χ4v) is 12.8. The number of hydrogen-bond donors (Lipinski definition) is 2. The quantitative estimate of drug-likeness (QED) is 0.0272. The highest BCUT2D eigenvalue weighted by atomic mass is 31.2. The molecular formula is C75H151N2O6P. The molecule has 0 aromatic heterocycles. The second-order valence-corrected chi connectivity index (χ2v) is 29.1. The molecule has 0 rings (SSSR count). The first-order chi connectivity index (χ1) is 41.0. The summed E-state index contributed by atoms with van der Waals surface area (Å²) in [6, 6.07) is -0.884. The van der Waals surface area contributed by atoms with Crippen LogP contribution >= 0.6 is 7.82 Å². The van der Waals surface area contributed by atoms with E-state index in [1.165, 1.54) is 353 Å². The number of carbonyl (C=O) groups excluding carboxylic acids is 1. The number of amides is 1. The van der Waals surface area contributed by atoms with Crippen LogP contribution < -0.4 is 10.2 Å². The van der Waals surface area contributed by atoms with Gasteiger partial charge >= 0.3 is 0 Å². The molecule has 2 N–H and O–H groups in total. The molecule has 0 saturated heterocycles. The third-order valence-corrected chi connectivity index (χ3v) is 19.0. The SMILES string of the molecule is CCCCCCCCCCCCCCCCCCCCCCCCCCCCCCCC/C=C/C(O)C(COP(=O)([O-])OCC[N+](C)(C)C)NC(=O)CCCCCCCCCCCCCCCCCCCCCCCCCCCCCCCC. The number of quaternary nitrogens is 1. The van der Waals surface area contributed by atoms with Crippen molar-refractivity contribution in [1.82, 2.24) is 5.32 Å². The number of unbranched alkanes of at least 4 members (excludes halogenated alkanes) is 59. The summed E-state index contributed by atoms with van der Waals surface area (Å²) in [6.45, 7) is 4.73. The van der Waals surface area contributed by atoms with Gasteiger partial charge in [0.1, 0.15) is 13.2 Å². The van der Waals surface area contributed by atoms with Crippen molar-refractivity contribution in [2.45, 2.75) is 424 Å². The average molecular weight is 1210 g/mol. The third kappa shape index (κ3) is 68.7. The number of nitrogens with zero attached hydrogens (tertiary/aromatic N) is 1. The maximum Gasteiger partial charge on any atom is 0.268 e. The predicted octanol–water partition coefficient (Wildman–Crippen LogP) is 23.8. The number of rotatable bonds is 72. The van der Waals surface area contributed by atoms with Gasteiger partial charge in [-0.15, -0.1) is 0 Å². The number of nitrogens with one attached hydrogen (secondary N) is 1. The van der Waals surface area contributed by atoms with Crippen LogP contribution in [0, 0.1) is 0 Å². The summed E-state index contributed by atoms with van der Waals surface area (Å²) in [7, 11) is 1.29. The van der Waals surface area contributed by atoms with E-state index in [2.05, 4.69) is 19.2 Å². The first-order valence-electron chi connectivity index (χ1n) is 38.1. The molecule has 0 fully saturated rings. The van der Waals surface area contributed by atoms with Gasteiger partial charge in [-0.25, -0.2) is 0 Å². The Labute approximate surface area is 526 Å². The summed E-state index contributed by atoms with van der Waals surface area (Å²) in [5.41, 5.74) is 0. The van der Waals surface area contributed by atoms with E-state index in [4.69, 9.17) is 9.05 Å². The number of hydrogen-bond acceptors (Lipinski definition) is 6. The Hall–Kier alpha value is -0.760. The first kappa shape index (κ1) is 83.2. The summed E-state index contributed by atoms with van der Waals surface area (Å²) < 4.78 is 23.5. The van der Waals surface area contributed by atoms with E-state index in [0.717, 1.165) is 38.5 Å². The number of likely N-dealkylation sites (N-methyl/N-ethyl adjacent to an activating group) is 1. The summed E-state index contributed by atoms with van der Waals surface area (Å²) >= 11 is 0. The van der Waals surface area contributed by atoms with Crippen LogP contribution in [0.1, 0.15) is 412 Å². The van der Waals surface area contributed by atoms with Crippen LogP contribution in [0.2, 0.25) is 0 Å². The zero-order valence-corrected chi connectivity index (χ0v) is 58.5. The maximum absolute atomic E-state index is 13.1. The summed E-state index contributed by atoms with van der Waals surface area (Å²) in [5, 5.41) is 14.0. The Bertz CT molecular complexity index is 1370. The van der Waals surface area contributed by atoms with Gasteiger partial charge in [-0.1, -0.05) is 398 Å². The lowest BCUT2D eigenvalue weighted by Crippen LogP contribution is -2.45. The summed E-state index contributed by atoms with van der Waals surface area (Å²) in [4.78, 5) is 25.7. The zero-order valence-electron chi connectivity index (χ0n) is 57.7. The second-order valence-electron chi connectivity index (χ2n) is 27.7. The molecule has 8 nitrogen and oxygen atoms in total. The van der Waals surface area contributed by atoms with Crippen LogP contribution in [0.5, 0.6) is 0 Å². The Morgan fingerprint density at radius 2 is 0.643 bits per heavy atom. The molecule has 0 aliphatic carbocycles. The lowest BCUT2D eigenvalue weighted by molar-refractivity contribution is -0.870. The molecule has 0 radical (unpaired) electrons. The molecule has 0 aliphatic heterocycles. The molecule has 3 unspecified atom stereocenters. The Balaban J connectivity index is 3.97. The Kier molecular flexibility index (Phi) is 66.1. The fourth-order valence-electron chi connectivity index (χ4n) is 12.1. The van der Waals surface area contributed by atoms with Gasteiger partial charge in [-0.2, -0.15) is 0 Å². The molecule has 0 aliphatic rings. The van der Waals surface area contributed by atoms with Crippen molar-refractivity contribution in [3.8, 4) is 0 Å². The smallest absolute Gasteiger partial charge is 0.268 e. The fraction of sp³-hybridized carbons (Fsp3) is 0.960. The highest BCUT2D eigenvalue weighted by Crippen LogP contribution is 2.38. The van der Waals surface area contributed by atoms with Gasteiger partial charge in [0.15, 0.2) is 0 Å². The monoisotopic (exact) mass is 1210 g/mol. The number of phosphoric acid groups is 1.